The Morgan fingerprint density at radius 1 is 1.42 bits per heavy atom. The Balaban J connectivity index is 1.72. The van der Waals surface area contributed by atoms with Crippen LogP contribution in [0.2, 0.25) is 0 Å². The monoisotopic (exact) mass is 434 g/mol. The van der Waals surface area contributed by atoms with E-state index in [4.69, 9.17) is 5.10 Å². The van der Waals surface area contributed by atoms with Crippen LogP contribution in [0.1, 0.15) is 47.8 Å². The number of halogens is 2. The molecule has 1 fully saturated rings. The maximum absolute atomic E-state index is 13.4. The van der Waals surface area contributed by atoms with E-state index in [1.165, 1.54) is 6.07 Å². The molecule has 3 heterocycles. The van der Waals surface area contributed by atoms with E-state index < -0.39 is 6.43 Å². The highest BCUT2D eigenvalue weighted by molar-refractivity contribution is 5.75. The van der Waals surface area contributed by atoms with Gasteiger partial charge in [-0.25, -0.2) is 13.6 Å². The van der Waals surface area contributed by atoms with Crippen LogP contribution in [0.3, 0.4) is 0 Å². The minimum Gasteiger partial charge on any atom is -0.396 e. The van der Waals surface area contributed by atoms with Crippen molar-refractivity contribution in [1.82, 2.24) is 25.0 Å². The molecule has 1 aliphatic carbocycles. The van der Waals surface area contributed by atoms with Gasteiger partial charge in [-0.15, -0.1) is 0 Å². The fourth-order valence-corrected chi connectivity index (χ4v) is 4.45. The van der Waals surface area contributed by atoms with Crippen molar-refractivity contribution in [2.45, 2.75) is 45.2 Å². The smallest absolute Gasteiger partial charge is 0.317 e. The largest absolute Gasteiger partial charge is 0.396 e. The van der Waals surface area contributed by atoms with Crippen molar-refractivity contribution in [2.75, 3.05) is 32.1 Å². The van der Waals surface area contributed by atoms with E-state index in [9.17, 15) is 18.7 Å². The second kappa shape index (κ2) is 8.41. The maximum atomic E-state index is 13.4. The summed E-state index contributed by atoms with van der Waals surface area (Å²) in [6.45, 7) is 2.71. The van der Waals surface area contributed by atoms with E-state index in [1.54, 1.807) is 37.0 Å². The number of aromatic nitrogens is 3. The third-order valence-corrected chi connectivity index (χ3v) is 6.43. The van der Waals surface area contributed by atoms with Crippen LogP contribution in [0.4, 0.5) is 25.1 Å². The Labute approximate surface area is 179 Å². The van der Waals surface area contributed by atoms with Gasteiger partial charge in [-0.05, 0) is 31.7 Å². The molecule has 0 aromatic carbocycles. The zero-order chi connectivity index (χ0) is 22.3. The number of urea groups is 1. The highest BCUT2D eigenvalue weighted by atomic mass is 19.3. The normalized spacial score (nSPS) is 20.4. The van der Waals surface area contributed by atoms with Crippen molar-refractivity contribution in [3.63, 3.8) is 0 Å². The van der Waals surface area contributed by atoms with Gasteiger partial charge in [0.15, 0.2) is 5.82 Å². The van der Waals surface area contributed by atoms with Gasteiger partial charge in [0.25, 0.3) is 6.43 Å². The molecule has 0 radical (unpaired) electrons. The molecule has 1 saturated carbocycles. The third kappa shape index (κ3) is 3.84. The first-order valence-electron chi connectivity index (χ1n) is 10.5. The molecule has 168 valence electrons. The molecule has 1 aliphatic heterocycles. The molecule has 2 amide bonds. The van der Waals surface area contributed by atoms with Gasteiger partial charge in [0, 0.05) is 56.2 Å². The lowest BCUT2D eigenvalue weighted by Crippen LogP contribution is -2.42. The Morgan fingerprint density at radius 2 is 2.16 bits per heavy atom. The molecule has 0 saturated heterocycles. The number of carbonyl (C=O) groups is 1. The van der Waals surface area contributed by atoms with Gasteiger partial charge in [0.1, 0.15) is 0 Å². The number of amides is 2. The number of aliphatic hydroxyl groups excluding tert-OH is 1. The van der Waals surface area contributed by atoms with Crippen molar-refractivity contribution in [1.29, 1.82) is 0 Å². The van der Waals surface area contributed by atoms with Gasteiger partial charge in [0.2, 0.25) is 0 Å². The summed E-state index contributed by atoms with van der Waals surface area (Å²) in [5.41, 5.74) is 2.71. The molecular formula is C21H28F2N6O2. The molecule has 2 aromatic rings. The first-order valence-corrected chi connectivity index (χ1v) is 10.5. The minimum absolute atomic E-state index is 0.102. The number of alkyl halides is 2. The van der Waals surface area contributed by atoms with Gasteiger partial charge in [-0.1, -0.05) is 0 Å². The standard InChI is InChI=1S/C21H28F2N6O2/c1-12-16(19(22)23)8-15(9-25-12)27(3)20-17-10-28(21(31)24-2)5-4-18(17)29(26-20)14-6-13(7-14)11-30/h8-9,13-14,19,30H,4-7,10-11H2,1-3H3,(H,24,31). The SMILES string of the molecule is CNC(=O)N1CCc2c(c(N(C)c3cnc(C)c(C(F)F)c3)nn2C2CC(CO)C2)C1. The summed E-state index contributed by atoms with van der Waals surface area (Å²) in [5, 5.41) is 16.9. The summed E-state index contributed by atoms with van der Waals surface area (Å²) in [6.07, 6.45) is 1.33. The summed E-state index contributed by atoms with van der Waals surface area (Å²) in [4.78, 5) is 19.9. The fourth-order valence-electron chi connectivity index (χ4n) is 4.45. The Kier molecular flexibility index (Phi) is 5.83. The van der Waals surface area contributed by atoms with E-state index in [0.29, 0.717) is 36.7 Å². The Bertz CT molecular complexity index is 973. The van der Waals surface area contributed by atoms with Crippen LogP contribution in [0.15, 0.2) is 12.3 Å². The molecule has 10 heteroatoms. The van der Waals surface area contributed by atoms with Gasteiger partial charge < -0.3 is 20.2 Å². The number of fused-ring (bicyclic) bond motifs is 1. The van der Waals surface area contributed by atoms with Gasteiger partial charge >= 0.3 is 6.03 Å². The lowest BCUT2D eigenvalue weighted by Gasteiger charge is -2.36. The molecule has 0 atom stereocenters. The number of pyridine rings is 1. The van der Waals surface area contributed by atoms with Gasteiger partial charge in [-0.2, -0.15) is 5.10 Å². The molecule has 31 heavy (non-hydrogen) atoms. The lowest BCUT2D eigenvalue weighted by molar-refractivity contribution is 0.103. The molecular weight excluding hydrogens is 406 g/mol. The summed E-state index contributed by atoms with van der Waals surface area (Å²) in [7, 11) is 3.38. The molecule has 8 nitrogen and oxygen atoms in total. The third-order valence-electron chi connectivity index (χ3n) is 6.43. The zero-order valence-corrected chi connectivity index (χ0v) is 18.0. The van der Waals surface area contributed by atoms with Crippen LogP contribution in [-0.4, -0.2) is 58.0 Å². The maximum Gasteiger partial charge on any atom is 0.317 e. The highest BCUT2D eigenvalue weighted by Crippen LogP contribution is 2.42. The average Bonchev–Trinajstić information content (AvgIpc) is 3.10. The second-order valence-corrected chi connectivity index (χ2v) is 8.32. The first-order chi connectivity index (χ1) is 14.8. The van der Waals surface area contributed by atoms with Crippen molar-refractivity contribution < 1.29 is 18.7 Å². The lowest BCUT2D eigenvalue weighted by atomic mass is 9.81. The Hall–Kier alpha value is -2.75. The second-order valence-electron chi connectivity index (χ2n) is 8.32. The molecule has 0 bridgehead atoms. The number of aliphatic hydroxyl groups is 1. The van der Waals surface area contributed by atoms with Crippen molar-refractivity contribution >= 4 is 17.5 Å². The first kappa shape index (κ1) is 21.5. The fraction of sp³-hybridized carbons (Fsp3) is 0.571. The summed E-state index contributed by atoms with van der Waals surface area (Å²) in [6, 6.07) is 1.49. The predicted molar refractivity (Wildman–Crippen MR) is 112 cm³/mol. The number of aryl methyl sites for hydroxylation is 1. The zero-order valence-electron chi connectivity index (χ0n) is 18.0. The number of carbonyl (C=O) groups excluding carboxylic acids is 1. The quantitative estimate of drug-likeness (QED) is 0.756. The van der Waals surface area contributed by atoms with E-state index in [-0.39, 0.29) is 30.2 Å². The van der Waals surface area contributed by atoms with Crippen molar-refractivity contribution in [3.8, 4) is 0 Å². The topological polar surface area (TPSA) is 86.5 Å². The number of nitrogens with one attached hydrogen (secondary N) is 1. The molecule has 0 unspecified atom stereocenters. The Morgan fingerprint density at radius 3 is 2.81 bits per heavy atom. The van der Waals surface area contributed by atoms with E-state index >= 15 is 0 Å². The van der Waals surface area contributed by atoms with Crippen molar-refractivity contribution in [2.24, 2.45) is 5.92 Å². The van der Waals surface area contributed by atoms with Gasteiger partial charge in [-0.3, -0.25) is 9.67 Å². The summed E-state index contributed by atoms with van der Waals surface area (Å²) in [5.74, 6) is 0.925. The number of hydrogen-bond acceptors (Lipinski definition) is 5. The van der Waals surface area contributed by atoms with E-state index in [1.807, 2.05) is 4.68 Å². The molecule has 2 aliphatic rings. The van der Waals surface area contributed by atoms with Crippen LogP contribution in [0.5, 0.6) is 0 Å². The molecule has 2 N–H and O–H groups in total. The number of nitrogens with zero attached hydrogens (tertiary/aromatic N) is 5. The van der Waals surface area contributed by atoms with Crippen LogP contribution in [0.25, 0.3) is 0 Å². The van der Waals surface area contributed by atoms with Crippen LogP contribution < -0.4 is 10.2 Å². The van der Waals surface area contributed by atoms with Crippen LogP contribution in [-0.2, 0) is 13.0 Å². The predicted octanol–water partition coefficient (Wildman–Crippen LogP) is 2.93. The van der Waals surface area contributed by atoms with Crippen molar-refractivity contribution in [3.05, 3.63) is 34.8 Å². The van der Waals surface area contributed by atoms with Crippen LogP contribution >= 0.6 is 0 Å². The molecule has 4 rings (SSSR count). The highest BCUT2D eigenvalue weighted by Gasteiger charge is 2.36. The van der Waals surface area contributed by atoms with Gasteiger partial charge in [0.05, 0.1) is 24.5 Å². The summed E-state index contributed by atoms with van der Waals surface area (Å²) < 4.78 is 28.8. The number of anilines is 2. The number of rotatable bonds is 5. The number of hydrogen-bond donors (Lipinski definition) is 2. The van der Waals surface area contributed by atoms with E-state index in [0.717, 1.165) is 24.1 Å². The minimum atomic E-state index is -2.61. The molecule has 2 aromatic heterocycles. The van der Waals surface area contributed by atoms with Crippen LogP contribution in [0, 0.1) is 12.8 Å². The molecule has 0 spiro atoms. The summed E-state index contributed by atoms with van der Waals surface area (Å²) >= 11 is 0. The average molecular weight is 434 g/mol. The van der Waals surface area contributed by atoms with E-state index in [2.05, 4.69) is 10.3 Å².